The van der Waals surface area contributed by atoms with Crippen LogP contribution in [-0.4, -0.2) is 21.9 Å². The summed E-state index contributed by atoms with van der Waals surface area (Å²) in [5.41, 5.74) is 0.00948. The fourth-order valence-corrected chi connectivity index (χ4v) is 0.788. The highest BCUT2D eigenvalue weighted by molar-refractivity contribution is 5.96. The SMILES string of the molecule is Cc1cnc(C(=O)OC(=O)C(C)(C)C)cn1. The van der Waals surface area contributed by atoms with Crippen molar-refractivity contribution >= 4 is 11.9 Å². The second-order valence-electron chi connectivity index (χ2n) is 4.47. The second kappa shape index (κ2) is 4.38. The summed E-state index contributed by atoms with van der Waals surface area (Å²) in [4.78, 5) is 30.6. The zero-order valence-electron chi connectivity index (χ0n) is 9.77. The zero-order valence-corrected chi connectivity index (χ0v) is 9.77. The Morgan fingerprint density at radius 3 is 2.25 bits per heavy atom. The molecule has 0 unspecified atom stereocenters. The summed E-state index contributed by atoms with van der Waals surface area (Å²) in [5, 5.41) is 0. The molecular weight excluding hydrogens is 208 g/mol. The molecule has 1 heterocycles. The first kappa shape index (κ1) is 12.3. The molecule has 5 heteroatoms. The van der Waals surface area contributed by atoms with E-state index in [9.17, 15) is 9.59 Å². The molecule has 1 rings (SSSR count). The Bertz CT molecular complexity index is 404. The third kappa shape index (κ3) is 3.12. The molecule has 1 aromatic heterocycles. The van der Waals surface area contributed by atoms with Gasteiger partial charge in [0.15, 0.2) is 5.69 Å². The number of hydrogen-bond donors (Lipinski definition) is 0. The number of esters is 2. The molecule has 0 aliphatic carbocycles. The van der Waals surface area contributed by atoms with Gasteiger partial charge in [-0.3, -0.25) is 9.78 Å². The predicted octanol–water partition coefficient (Wildman–Crippen LogP) is 1.51. The lowest BCUT2D eigenvalue weighted by atomic mass is 9.97. The van der Waals surface area contributed by atoms with Crippen molar-refractivity contribution in [2.45, 2.75) is 27.7 Å². The predicted molar refractivity (Wildman–Crippen MR) is 56.6 cm³/mol. The smallest absolute Gasteiger partial charge is 0.366 e. The first-order valence-electron chi connectivity index (χ1n) is 4.86. The number of aryl methyl sites for hydroxylation is 1. The Labute approximate surface area is 93.9 Å². The first-order valence-corrected chi connectivity index (χ1v) is 4.86. The summed E-state index contributed by atoms with van der Waals surface area (Å²) in [6.45, 7) is 6.76. The minimum absolute atomic E-state index is 0.0307. The standard InChI is InChI=1S/C11H14N2O3/c1-7-5-13-8(6-12-7)9(14)16-10(15)11(2,3)4/h5-6H,1-4H3. The van der Waals surface area contributed by atoms with Gasteiger partial charge in [0.1, 0.15) is 0 Å². The molecule has 0 aromatic carbocycles. The average molecular weight is 222 g/mol. The molecule has 0 atom stereocenters. The number of ether oxygens (including phenoxy) is 1. The fourth-order valence-electron chi connectivity index (χ4n) is 0.788. The molecule has 1 aromatic rings. The van der Waals surface area contributed by atoms with Crippen LogP contribution in [0.5, 0.6) is 0 Å². The van der Waals surface area contributed by atoms with E-state index in [0.29, 0.717) is 5.69 Å². The van der Waals surface area contributed by atoms with Gasteiger partial charge in [0.2, 0.25) is 0 Å². The van der Waals surface area contributed by atoms with E-state index in [-0.39, 0.29) is 5.69 Å². The molecule has 0 spiro atoms. The van der Waals surface area contributed by atoms with Crippen LogP contribution in [0, 0.1) is 12.3 Å². The molecule has 5 nitrogen and oxygen atoms in total. The number of carbonyl (C=O) groups excluding carboxylic acids is 2. The Kier molecular flexibility index (Phi) is 3.37. The van der Waals surface area contributed by atoms with Gasteiger partial charge in [0.25, 0.3) is 0 Å². The first-order chi connectivity index (χ1) is 7.30. The third-order valence-electron chi connectivity index (χ3n) is 1.79. The van der Waals surface area contributed by atoms with Crippen molar-refractivity contribution in [2.75, 3.05) is 0 Å². The zero-order chi connectivity index (χ0) is 12.3. The maximum absolute atomic E-state index is 11.5. The fraction of sp³-hybridized carbons (Fsp3) is 0.455. The normalized spacial score (nSPS) is 11.0. The topological polar surface area (TPSA) is 69.2 Å². The van der Waals surface area contributed by atoms with Crippen molar-refractivity contribution in [3.63, 3.8) is 0 Å². The van der Waals surface area contributed by atoms with Gasteiger partial charge in [0, 0.05) is 6.20 Å². The van der Waals surface area contributed by atoms with E-state index < -0.39 is 17.4 Å². The van der Waals surface area contributed by atoms with E-state index in [4.69, 9.17) is 0 Å². The molecule has 0 amide bonds. The van der Waals surface area contributed by atoms with Crippen molar-refractivity contribution < 1.29 is 14.3 Å². The highest BCUT2D eigenvalue weighted by Gasteiger charge is 2.26. The van der Waals surface area contributed by atoms with Crippen molar-refractivity contribution in [3.05, 3.63) is 23.8 Å². The summed E-state index contributed by atoms with van der Waals surface area (Å²) >= 11 is 0. The van der Waals surface area contributed by atoms with Gasteiger partial charge in [-0.15, -0.1) is 0 Å². The molecule has 86 valence electrons. The summed E-state index contributed by atoms with van der Waals surface area (Å²) < 4.78 is 4.66. The van der Waals surface area contributed by atoms with E-state index in [1.54, 1.807) is 27.7 Å². The summed E-state index contributed by atoms with van der Waals surface area (Å²) in [7, 11) is 0. The van der Waals surface area contributed by atoms with Crippen molar-refractivity contribution in [1.82, 2.24) is 9.97 Å². The van der Waals surface area contributed by atoms with Gasteiger partial charge in [-0.2, -0.15) is 0 Å². The van der Waals surface area contributed by atoms with Crippen LogP contribution < -0.4 is 0 Å². The van der Waals surface area contributed by atoms with Crippen molar-refractivity contribution in [1.29, 1.82) is 0 Å². The third-order valence-corrected chi connectivity index (χ3v) is 1.79. The van der Waals surface area contributed by atoms with Crippen LogP contribution in [0.15, 0.2) is 12.4 Å². The summed E-state index contributed by atoms with van der Waals surface area (Å²) in [5.74, 6) is -1.35. The van der Waals surface area contributed by atoms with Gasteiger partial charge in [-0.25, -0.2) is 9.78 Å². The van der Waals surface area contributed by atoms with Gasteiger partial charge >= 0.3 is 11.9 Å². The Hall–Kier alpha value is -1.78. The quantitative estimate of drug-likeness (QED) is 0.532. The lowest BCUT2D eigenvalue weighted by Crippen LogP contribution is -2.26. The van der Waals surface area contributed by atoms with E-state index >= 15 is 0 Å². The van der Waals surface area contributed by atoms with Crippen molar-refractivity contribution in [2.24, 2.45) is 5.41 Å². The van der Waals surface area contributed by atoms with Crippen LogP contribution >= 0.6 is 0 Å². The van der Waals surface area contributed by atoms with Crippen LogP contribution in [0.2, 0.25) is 0 Å². The van der Waals surface area contributed by atoms with Crippen LogP contribution in [0.4, 0.5) is 0 Å². The lowest BCUT2D eigenvalue weighted by Gasteiger charge is -2.14. The maximum Gasteiger partial charge on any atom is 0.366 e. The molecule has 0 saturated heterocycles. The number of aromatic nitrogens is 2. The summed E-state index contributed by atoms with van der Waals surface area (Å²) in [6.07, 6.45) is 2.73. The molecule has 0 fully saturated rings. The molecule has 16 heavy (non-hydrogen) atoms. The molecule has 0 N–H and O–H groups in total. The van der Waals surface area contributed by atoms with Crippen LogP contribution in [0.1, 0.15) is 37.0 Å². The average Bonchev–Trinajstić information content (AvgIpc) is 2.17. The van der Waals surface area contributed by atoms with Crippen molar-refractivity contribution in [3.8, 4) is 0 Å². The summed E-state index contributed by atoms with van der Waals surface area (Å²) in [6, 6.07) is 0. The van der Waals surface area contributed by atoms with Gasteiger partial charge < -0.3 is 4.74 Å². The number of hydrogen-bond acceptors (Lipinski definition) is 5. The monoisotopic (exact) mass is 222 g/mol. The van der Waals surface area contributed by atoms with Gasteiger partial charge in [0.05, 0.1) is 17.3 Å². The van der Waals surface area contributed by atoms with E-state index in [0.717, 1.165) is 0 Å². The number of carbonyl (C=O) groups is 2. The van der Waals surface area contributed by atoms with Crippen LogP contribution in [-0.2, 0) is 9.53 Å². The van der Waals surface area contributed by atoms with E-state index in [1.165, 1.54) is 12.4 Å². The van der Waals surface area contributed by atoms with Gasteiger partial charge in [-0.05, 0) is 27.7 Å². The van der Waals surface area contributed by atoms with Crippen LogP contribution in [0.25, 0.3) is 0 Å². The molecule has 0 aliphatic heterocycles. The Morgan fingerprint density at radius 2 is 1.81 bits per heavy atom. The molecule has 0 aliphatic rings. The number of nitrogens with zero attached hydrogens (tertiary/aromatic N) is 2. The van der Waals surface area contributed by atoms with E-state index in [2.05, 4.69) is 14.7 Å². The Balaban J connectivity index is 2.74. The minimum atomic E-state index is -0.771. The lowest BCUT2D eigenvalue weighted by molar-refractivity contribution is -0.146. The highest BCUT2D eigenvalue weighted by atomic mass is 16.6. The second-order valence-corrected chi connectivity index (χ2v) is 4.47. The van der Waals surface area contributed by atoms with Gasteiger partial charge in [-0.1, -0.05) is 0 Å². The largest absolute Gasteiger partial charge is 0.388 e. The molecule has 0 radical (unpaired) electrons. The minimum Gasteiger partial charge on any atom is -0.388 e. The van der Waals surface area contributed by atoms with E-state index in [1.807, 2.05) is 0 Å². The highest BCUT2D eigenvalue weighted by Crippen LogP contribution is 2.15. The Morgan fingerprint density at radius 1 is 1.19 bits per heavy atom. The van der Waals surface area contributed by atoms with Crippen LogP contribution in [0.3, 0.4) is 0 Å². The maximum atomic E-state index is 11.5. The number of rotatable bonds is 1. The molecule has 0 saturated carbocycles. The molecular formula is C11H14N2O3. The molecule has 0 bridgehead atoms.